The summed E-state index contributed by atoms with van der Waals surface area (Å²) in [7, 11) is 1.89. The van der Waals surface area contributed by atoms with Gasteiger partial charge in [-0.2, -0.15) is 0 Å². The molecule has 98 valence electrons. The highest BCUT2D eigenvalue weighted by molar-refractivity contribution is 6.00. The van der Waals surface area contributed by atoms with E-state index >= 15 is 0 Å². The third kappa shape index (κ3) is 2.52. The second-order valence-corrected chi connectivity index (χ2v) is 4.49. The van der Waals surface area contributed by atoms with Crippen LogP contribution in [0.5, 0.6) is 0 Å². The van der Waals surface area contributed by atoms with Crippen molar-refractivity contribution in [1.82, 2.24) is 0 Å². The maximum atomic E-state index is 11.5. The van der Waals surface area contributed by atoms with Gasteiger partial charge in [0.1, 0.15) is 0 Å². The summed E-state index contributed by atoms with van der Waals surface area (Å²) in [6.45, 7) is 2.02. The zero-order chi connectivity index (χ0) is 14.0. The van der Waals surface area contributed by atoms with Gasteiger partial charge in [-0.3, -0.25) is 4.79 Å². The number of aryl methyl sites for hydroxylation is 1. The Hall–Kier alpha value is -2.49. The molecule has 4 heteroatoms. The lowest BCUT2D eigenvalue weighted by molar-refractivity contribution is 0.100. The summed E-state index contributed by atoms with van der Waals surface area (Å²) in [4.78, 5) is 13.4. The molecule has 4 nitrogen and oxygen atoms in total. The van der Waals surface area contributed by atoms with Crippen molar-refractivity contribution in [2.45, 2.75) is 6.92 Å². The molecular weight excluding hydrogens is 238 g/mol. The zero-order valence-electron chi connectivity index (χ0n) is 11.1. The van der Waals surface area contributed by atoms with Gasteiger partial charge < -0.3 is 16.4 Å². The largest absolute Gasteiger partial charge is 0.399 e. The molecule has 0 atom stereocenters. The highest BCUT2D eigenvalue weighted by Crippen LogP contribution is 2.30. The number of hydrogen-bond donors (Lipinski definition) is 2. The van der Waals surface area contributed by atoms with Crippen LogP contribution in [-0.4, -0.2) is 13.0 Å². The first-order chi connectivity index (χ1) is 9.00. The van der Waals surface area contributed by atoms with Crippen LogP contribution in [0.2, 0.25) is 0 Å². The molecule has 0 saturated heterocycles. The Morgan fingerprint density at radius 1 is 1.11 bits per heavy atom. The topological polar surface area (TPSA) is 72.3 Å². The van der Waals surface area contributed by atoms with Crippen molar-refractivity contribution in [3.05, 3.63) is 53.6 Å². The molecule has 0 aliphatic heterocycles. The summed E-state index contributed by atoms with van der Waals surface area (Å²) in [6.07, 6.45) is 0. The average molecular weight is 255 g/mol. The zero-order valence-corrected chi connectivity index (χ0v) is 11.1. The average Bonchev–Trinajstić information content (AvgIpc) is 2.38. The van der Waals surface area contributed by atoms with Crippen LogP contribution in [0, 0.1) is 6.92 Å². The summed E-state index contributed by atoms with van der Waals surface area (Å²) in [5.74, 6) is -0.463. The predicted molar refractivity (Wildman–Crippen MR) is 78.6 cm³/mol. The van der Waals surface area contributed by atoms with Crippen LogP contribution in [0.25, 0.3) is 0 Å². The van der Waals surface area contributed by atoms with Gasteiger partial charge in [0.15, 0.2) is 0 Å². The number of amides is 1. The second kappa shape index (κ2) is 5.02. The molecule has 2 aromatic rings. The van der Waals surface area contributed by atoms with Crippen LogP contribution in [0.1, 0.15) is 15.9 Å². The van der Waals surface area contributed by atoms with E-state index < -0.39 is 5.91 Å². The van der Waals surface area contributed by atoms with E-state index in [1.807, 2.05) is 43.1 Å². The molecule has 19 heavy (non-hydrogen) atoms. The minimum Gasteiger partial charge on any atom is -0.399 e. The number of anilines is 3. The molecule has 0 saturated carbocycles. The molecule has 4 N–H and O–H groups in total. The van der Waals surface area contributed by atoms with Gasteiger partial charge in [-0.15, -0.1) is 0 Å². The molecular formula is C15H17N3O. The Morgan fingerprint density at radius 3 is 2.42 bits per heavy atom. The van der Waals surface area contributed by atoms with Crippen LogP contribution < -0.4 is 16.4 Å². The maximum absolute atomic E-state index is 11.5. The van der Waals surface area contributed by atoms with Gasteiger partial charge in [-0.05, 0) is 36.8 Å². The quantitative estimate of drug-likeness (QED) is 0.827. The number of rotatable bonds is 3. The van der Waals surface area contributed by atoms with Gasteiger partial charge in [0, 0.05) is 18.4 Å². The number of carbonyl (C=O) groups is 1. The van der Waals surface area contributed by atoms with E-state index in [1.165, 1.54) is 0 Å². The Labute approximate surface area is 112 Å². The molecule has 0 unspecified atom stereocenters. The number of nitrogens with two attached hydrogens (primary N) is 2. The van der Waals surface area contributed by atoms with Gasteiger partial charge in [-0.1, -0.05) is 18.2 Å². The van der Waals surface area contributed by atoms with E-state index in [0.717, 1.165) is 11.3 Å². The van der Waals surface area contributed by atoms with E-state index in [0.29, 0.717) is 16.9 Å². The Kier molecular flexibility index (Phi) is 3.42. The van der Waals surface area contributed by atoms with Gasteiger partial charge in [-0.25, -0.2) is 0 Å². The molecule has 0 bridgehead atoms. The summed E-state index contributed by atoms with van der Waals surface area (Å²) < 4.78 is 0. The first-order valence-electron chi connectivity index (χ1n) is 5.99. The number of para-hydroxylation sites is 1. The van der Waals surface area contributed by atoms with Crippen LogP contribution in [0.15, 0.2) is 42.5 Å². The van der Waals surface area contributed by atoms with E-state index in [9.17, 15) is 4.79 Å². The molecule has 0 aliphatic carbocycles. The number of nitrogen functional groups attached to an aromatic ring is 1. The van der Waals surface area contributed by atoms with Crippen molar-refractivity contribution >= 4 is 23.0 Å². The number of nitrogens with zero attached hydrogens (tertiary/aromatic N) is 1. The minimum absolute atomic E-state index is 0.458. The van der Waals surface area contributed by atoms with Crippen LogP contribution in [-0.2, 0) is 0 Å². The predicted octanol–water partition coefficient (Wildman–Crippen LogP) is 2.44. The van der Waals surface area contributed by atoms with E-state index in [4.69, 9.17) is 11.5 Å². The Bertz CT molecular complexity index is 623. The number of carbonyl (C=O) groups excluding carboxylic acids is 1. The van der Waals surface area contributed by atoms with Crippen molar-refractivity contribution in [3.8, 4) is 0 Å². The molecule has 0 radical (unpaired) electrons. The van der Waals surface area contributed by atoms with E-state index in [2.05, 4.69) is 0 Å². The van der Waals surface area contributed by atoms with Crippen molar-refractivity contribution in [2.24, 2.45) is 5.73 Å². The summed E-state index contributed by atoms with van der Waals surface area (Å²) >= 11 is 0. The number of hydrogen-bond acceptors (Lipinski definition) is 3. The van der Waals surface area contributed by atoms with Crippen LogP contribution >= 0.6 is 0 Å². The van der Waals surface area contributed by atoms with Gasteiger partial charge in [0.25, 0.3) is 5.91 Å². The highest BCUT2D eigenvalue weighted by atomic mass is 16.1. The standard InChI is InChI=1S/C15H17N3O/c1-10-5-3-4-6-13(10)18(2)14-9-11(16)7-8-12(14)15(17)19/h3-9H,16H2,1-2H3,(H2,17,19). The first kappa shape index (κ1) is 13.0. The lowest BCUT2D eigenvalue weighted by Gasteiger charge is -2.23. The lowest BCUT2D eigenvalue weighted by atomic mass is 10.1. The molecule has 1 amide bonds. The first-order valence-corrected chi connectivity index (χ1v) is 5.99. The van der Waals surface area contributed by atoms with E-state index in [1.54, 1.807) is 18.2 Å². The van der Waals surface area contributed by atoms with E-state index in [-0.39, 0.29) is 0 Å². The van der Waals surface area contributed by atoms with Crippen molar-refractivity contribution in [1.29, 1.82) is 0 Å². The van der Waals surface area contributed by atoms with Crippen LogP contribution in [0.4, 0.5) is 17.1 Å². The summed E-state index contributed by atoms with van der Waals surface area (Å²) in [5, 5.41) is 0. The molecule has 2 rings (SSSR count). The lowest BCUT2D eigenvalue weighted by Crippen LogP contribution is -2.19. The van der Waals surface area contributed by atoms with Crippen molar-refractivity contribution in [3.63, 3.8) is 0 Å². The minimum atomic E-state index is -0.463. The van der Waals surface area contributed by atoms with Gasteiger partial charge >= 0.3 is 0 Å². The fraction of sp³-hybridized carbons (Fsp3) is 0.133. The van der Waals surface area contributed by atoms with Gasteiger partial charge in [0.2, 0.25) is 0 Å². The summed E-state index contributed by atoms with van der Waals surface area (Å²) in [5.41, 5.74) is 15.1. The molecule has 0 heterocycles. The molecule has 0 aliphatic rings. The Morgan fingerprint density at radius 2 is 1.79 bits per heavy atom. The second-order valence-electron chi connectivity index (χ2n) is 4.49. The summed E-state index contributed by atoms with van der Waals surface area (Å²) in [6, 6.07) is 13.0. The smallest absolute Gasteiger partial charge is 0.250 e. The highest BCUT2D eigenvalue weighted by Gasteiger charge is 2.14. The SMILES string of the molecule is Cc1ccccc1N(C)c1cc(N)ccc1C(N)=O. The van der Waals surface area contributed by atoms with Crippen molar-refractivity contribution in [2.75, 3.05) is 17.7 Å². The monoisotopic (exact) mass is 255 g/mol. The number of benzene rings is 2. The maximum Gasteiger partial charge on any atom is 0.250 e. The third-order valence-corrected chi connectivity index (χ3v) is 3.13. The fourth-order valence-electron chi connectivity index (χ4n) is 2.10. The van der Waals surface area contributed by atoms with Gasteiger partial charge in [0.05, 0.1) is 11.3 Å². The number of primary amides is 1. The normalized spacial score (nSPS) is 10.2. The van der Waals surface area contributed by atoms with Crippen LogP contribution in [0.3, 0.4) is 0 Å². The molecule has 0 fully saturated rings. The Balaban J connectivity index is 2.55. The third-order valence-electron chi connectivity index (χ3n) is 3.13. The fourth-order valence-corrected chi connectivity index (χ4v) is 2.10. The molecule has 2 aromatic carbocycles. The molecule has 0 aromatic heterocycles. The molecule has 0 spiro atoms. The van der Waals surface area contributed by atoms with Crippen molar-refractivity contribution < 1.29 is 4.79 Å².